The first-order chi connectivity index (χ1) is 6.86. The Balaban J connectivity index is 2.06. The molecule has 0 bridgehead atoms. The maximum absolute atomic E-state index is 4.12. The van der Waals surface area contributed by atoms with E-state index in [2.05, 4.69) is 35.5 Å². The van der Waals surface area contributed by atoms with Crippen LogP contribution in [0.5, 0.6) is 0 Å². The predicted molar refractivity (Wildman–Crippen MR) is 60.7 cm³/mol. The van der Waals surface area contributed by atoms with Gasteiger partial charge in [0, 0.05) is 17.3 Å². The molecule has 0 N–H and O–H groups in total. The molecular formula is C12H13NS. The van der Waals surface area contributed by atoms with E-state index >= 15 is 0 Å². The third-order valence-corrected chi connectivity index (χ3v) is 3.40. The highest BCUT2D eigenvalue weighted by Crippen LogP contribution is 2.23. The predicted octanol–water partition coefficient (Wildman–Crippen LogP) is 3.49. The molecule has 0 aliphatic carbocycles. The molecule has 0 amide bonds. The zero-order valence-electron chi connectivity index (χ0n) is 8.18. The minimum Gasteiger partial charge on any atom is -0.264 e. The van der Waals surface area contributed by atoms with Crippen LogP contribution in [-0.2, 0) is 6.42 Å². The van der Waals surface area contributed by atoms with E-state index in [1.54, 1.807) is 0 Å². The van der Waals surface area contributed by atoms with E-state index in [9.17, 15) is 0 Å². The lowest BCUT2D eigenvalue weighted by Gasteiger charge is -2.08. The summed E-state index contributed by atoms with van der Waals surface area (Å²) in [6, 6.07) is 8.44. The summed E-state index contributed by atoms with van der Waals surface area (Å²) in [6.07, 6.45) is 4.85. The number of rotatable bonds is 3. The van der Waals surface area contributed by atoms with Crippen LogP contribution in [0, 0.1) is 0 Å². The van der Waals surface area contributed by atoms with Gasteiger partial charge < -0.3 is 0 Å². The molecule has 2 heteroatoms. The molecule has 14 heavy (non-hydrogen) atoms. The quantitative estimate of drug-likeness (QED) is 0.744. The second-order valence-electron chi connectivity index (χ2n) is 3.48. The highest BCUT2D eigenvalue weighted by atomic mass is 32.1. The van der Waals surface area contributed by atoms with E-state index in [1.165, 1.54) is 10.4 Å². The third-order valence-electron chi connectivity index (χ3n) is 2.29. The van der Waals surface area contributed by atoms with Gasteiger partial charge in [0.05, 0.1) is 0 Å². The van der Waals surface area contributed by atoms with Crippen molar-refractivity contribution < 1.29 is 0 Å². The number of pyridine rings is 1. The molecule has 2 heterocycles. The Bertz CT molecular complexity index is 366. The van der Waals surface area contributed by atoms with E-state index in [4.69, 9.17) is 0 Å². The van der Waals surface area contributed by atoms with Gasteiger partial charge in [-0.15, -0.1) is 11.3 Å². The van der Waals surface area contributed by atoms with Gasteiger partial charge in [0.25, 0.3) is 0 Å². The van der Waals surface area contributed by atoms with Crippen molar-refractivity contribution in [3.8, 4) is 0 Å². The first kappa shape index (κ1) is 9.41. The molecule has 0 saturated carbocycles. The summed E-state index contributed by atoms with van der Waals surface area (Å²) in [5.74, 6) is 0.596. The van der Waals surface area contributed by atoms with Crippen LogP contribution in [0.2, 0.25) is 0 Å². The van der Waals surface area contributed by atoms with Crippen LogP contribution < -0.4 is 0 Å². The van der Waals surface area contributed by atoms with Crippen LogP contribution >= 0.6 is 11.3 Å². The average molecular weight is 203 g/mol. The SMILES string of the molecule is CC(Cc1cccnc1)c1cccs1. The lowest BCUT2D eigenvalue weighted by atomic mass is 10.0. The van der Waals surface area contributed by atoms with Gasteiger partial charge in [0.1, 0.15) is 0 Å². The molecule has 0 aliphatic rings. The van der Waals surface area contributed by atoms with Gasteiger partial charge in [0.15, 0.2) is 0 Å². The van der Waals surface area contributed by atoms with Crippen molar-refractivity contribution in [1.82, 2.24) is 4.98 Å². The summed E-state index contributed by atoms with van der Waals surface area (Å²) in [7, 11) is 0. The van der Waals surface area contributed by atoms with Crippen LogP contribution in [0.1, 0.15) is 23.3 Å². The van der Waals surface area contributed by atoms with E-state index in [-0.39, 0.29) is 0 Å². The monoisotopic (exact) mass is 203 g/mol. The molecule has 0 aliphatic heterocycles. The maximum atomic E-state index is 4.12. The van der Waals surface area contributed by atoms with Crippen LogP contribution in [0.25, 0.3) is 0 Å². The molecule has 2 rings (SSSR count). The van der Waals surface area contributed by atoms with Gasteiger partial charge in [-0.1, -0.05) is 19.1 Å². The van der Waals surface area contributed by atoms with Crippen molar-refractivity contribution in [3.05, 3.63) is 52.5 Å². The Morgan fingerprint density at radius 3 is 2.93 bits per heavy atom. The first-order valence-corrected chi connectivity index (χ1v) is 5.66. The van der Waals surface area contributed by atoms with Crippen LogP contribution in [-0.4, -0.2) is 4.98 Å². The van der Waals surface area contributed by atoms with E-state index in [0.717, 1.165) is 6.42 Å². The lowest BCUT2D eigenvalue weighted by Crippen LogP contribution is -1.95. The summed E-state index contributed by atoms with van der Waals surface area (Å²) in [6.45, 7) is 2.26. The third kappa shape index (κ3) is 2.20. The van der Waals surface area contributed by atoms with Gasteiger partial charge >= 0.3 is 0 Å². The summed E-state index contributed by atoms with van der Waals surface area (Å²) in [5, 5.41) is 2.13. The molecule has 2 aromatic rings. The van der Waals surface area contributed by atoms with Crippen LogP contribution in [0.15, 0.2) is 42.0 Å². The topological polar surface area (TPSA) is 12.9 Å². The number of aromatic nitrogens is 1. The van der Waals surface area contributed by atoms with Crippen molar-refractivity contribution in [1.29, 1.82) is 0 Å². The zero-order chi connectivity index (χ0) is 9.80. The van der Waals surface area contributed by atoms with E-state index in [1.807, 2.05) is 29.8 Å². The van der Waals surface area contributed by atoms with Crippen molar-refractivity contribution in [3.63, 3.8) is 0 Å². The Morgan fingerprint density at radius 1 is 1.36 bits per heavy atom. The molecule has 1 unspecified atom stereocenters. The van der Waals surface area contributed by atoms with Crippen molar-refractivity contribution in [2.24, 2.45) is 0 Å². The first-order valence-electron chi connectivity index (χ1n) is 4.78. The summed E-state index contributed by atoms with van der Waals surface area (Å²) >= 11 is 1.83. The highest BCUT2D eigenvalue weighted by molar-refractivity contribution is 7.10. The fraction of sp³-hybridized carbons (Fsp3) is 0.250. The summed E-state index contributed by atoms with van der Waals surface area (Å²) in [4.78, 5) is 5.58. The van der Waals surface area contributed by atoms with Gasteiger partial charge in [-0.05, 0) is 35.4 Å². The van der Waals surface area contributed by atoms with E-state index < -0.39 is 0 Å². The molecule has 0 spiro atoms. The molecule has 72 valence electrons. The van der Waals surface area contributed by atoms with Crippen molar-refractivity contribution in [2.45, 2.75) is 19.3 Å². The number of nitrogens with zero attached hydrogens (tertiary/aromatic N) is 1. The molecule has 0 fully saturated rings. The minimum atomic E-state index is 0.596. The molecule has 1 nitrogen and oxygen atoms in total. The largest absolute Gasteiger partial charge is 0.264 e. The highest BCUT2D eigenvalue weighted by Gasteiger charge is 2.06. The number of hydrogen-bond acceptors (Lipinski definition) is 2. The standard InChI is InChI=1S/C12H13NS/c1-10(12-5-3-7-14-12)8-11-4-2-6-13-9-11/h2-7,9-10H,8H2,1H3. The molecular weight excluding hydrogens is 190 g/mol. The van der Waals surface area contributed by atoms with Gasteiger partial charge in [-0.25, -0.2) is 0 Å². The summed E-state index contributed by atoms with van der Waals surface area (Å²) < 4.78 is 0. The van der Waals surface area contributed by atoms with Gasteiger partial charge in [-0.3, -0.25) is 4.98 Å². The second kappa shape index (κ2) is 4.38. The fourth-order valence-corrected chi connectivity index (χ4v) is 2.33. The Kier molecular flexibility index (Phi) is 2.94. The van der Waals surface area contributed by atoms with Crippen molar-refractivity contribution in [2.75, 3.05) is 0 Å². The zero-order valence-corrected chi connectivity index (χ0v) is 9.00. The Morgan fingerprint density at radius 2 is 2.29 bits per heavy atom. The smallest absolute Gasteiger partial charge is 0.0300 e. The normalized spacial score (nSPS) is 12.6. The van der Waals surface area contributed by atoms with Crippen molar-refractivity contribution >= 4 is 11.3 Å². The Labute approximate surface area is 88.4 Å². The average Bonchev–Trinajstić information content (AvgIpc) is 2.72. The second-order valence-corrected chi connectivity index (χ2v) is 4.46. The molecule has 2 aromatic heterocycles. The van der Waals surface area contributed by atoms with Gasteiger partial charge in [0.2, 0.25) is 0 Å². The maximum Gasteiger partial charge on any atom is 0.0300 e. The van der Waals surface area contributed by atoms with Crippen LogP contribution in [0.3, 0.4) is 0 Å². The number of thiophene rings is 1. The van der Waals surface area contributed by atoms with Crippen LogP contribution in [0.4, 0.5) is 0 Å². The fourth-order valence-electron chi connectivity index (χ4n) is 1.54. The Hall–Kier alpha value is -1.15. The lowest BCUT2D eigenvalue weighted by molar-refractivity contribution is 0.772. The van der Waals surface area contributed by atoms with E-state index in [0.29, 0.717) is 5.92 Å². The molecule has 0 saturated heterocycles. The molecule has 0 radical (unpaired) electrons. The number of hydrogen-bond donors (Lipinski definition) is 0. The summed E-state index contributed by atoms with van der Waals surface area (Å²) in [5.41, 5.74) is 1.31. The molecule has 1 atom stereocenters. The minimum absolute atomic E-state index is 0.596. The molecule has 0 aromatic carbocycles. The van der Waals surface area contributed by atoms with Gasteiger partial charge in [-0.2, -0.15) is 0 Å².